The van der Waals surface area contributed by atoms with Crippen LogP contribution >= 0.6 is 11.6 Å². The molecule has 2 amide bonds. The van der Waals surface area contributed by atoms with Crippen molar-refractivity contribution >= 4 is 29.1 Å². The molecule has 0 saturated carbocycles. The van der Waals surface area contributed by atoms with Crippen molar-refractivity contribution in [2.75, 3.05) is 11.9 Å². The van der Waals surface area contributed by atoms with Gasteiger partial charge in [0.1, 0.15) is 18.1 Å². The third-order valence-corrected chi connectivity index (χ3v) is 4.73. The maximum Gasteiger partial charge on any atom is 0.271 e. The molecule has 0 aliphatic heterocycles. The van der Waals surface area contributed by atoms with Gasteiger partial charge in [-0.2, -0.15) is 5.10 Å². The van der Waals surface area contributed by atoms with E-state index in [4.69, 9.17) is 16.3 Å². The number of carbonyl (C=O) groups is 2. The first-order valence-corrected chi connectivity index (χ1v) is 10.3. The van der Waals surface area contributed by atoms with E-state index in [1.54, 1.807) is 49.5 Å². The summed E-state index contributed by atoms with van der Waals surface area (Å²) < 4.78 is 7.19. The lowest BCUT2D eigenvalue weighted by Gasteiger charge is -2.11. The highest BCUT2D eigenvalue weighted by Gasteiger charge is 2.19. The second-order valence-electron chi connectivity index (χ2n) is 7.53. The normalized spacial score (nSPS) is 10.7. The monoisotopic (exact) mass is 440 g/mol. The Kier molecular flexibility index (Phi) is 7.31. The fourth-order valence-electron chi connectivity index (χ4n) is 2.87. The Labute approximate surface area is 186 Å². The van der Waals surface area contributed by atoms with Crippen LogP contribution in [0.5, 0.6) is 5.75 Å². The average Bonchev–Trinajstić information content (AvgIpc) is 3.11. The molecule has 0 aliphatic rings. The summed E-state index contributed by atoms with van der Waals surface area (Å²) in [7, 11) is 1.66. The molecule has 7 nitrogen and oxygen atoms in total. The number of rotatable bonds is 8. The van der Waals surface area contributed by atoms with E-state index in [0.717, 1.165) is 5.56 Å². The summed E-state index contributed by atoms with van der Waals surface area (Å²) in [6.45, 7) is 4.86. The summed E-state index contributed by atoms with van der Waals surface area (Å²) in [5, 5.41) is 10.4. The molecule has 0 unspecified atom stereocenters. The van der Waals surface area contributed by atoms with Gasteiger partial charge >= 0.3 is 0 Å². The highest BCUT2D eigenvalue weighted by molar-refractivity contribution is 6.30. The average molecular weight is 441 g/mol. The molecule has 162 valence electrons. The van der Waals surface area contributed by atoms with Crippen LogP contribution < -0.4 is 15.4 Å². The molecular formula is C23H25ClN4O3. The number of carbonyl (C=O) groups excluding carboxylic acids is 2. The summed E-state index contributed by atoms with van der Waals surface area (Å²) >= 11 is 5.88. The van der Waals surface area contributed by atoms with Gasteiger partial charge in [-0.15, -0.1) is 0 Å². The Morgan fingerprint density at radius 2 is 1.87 bits per heavy atom. The summed E-state index contributed by atoms with van der Waals surface area (Å²) in [6.07, 6.45) is 1.47. The predicted octanol–water partition coefficient (Wildman–Crippen LogP) is 4.29. The molecule has 2 aromatic carbocycles. The topological polar surface area (TPSA) is 85.2 Å². The van der Waals surface area contributed by atoms with Crippen molar-refractivity contribution in [3.63, 3.8) is 0 Å². The number of ether oxygens (including phenoxy) is 1. The Bertz CT molecular complexity index is 1060. The highest BCUT2D eigenvalue weighted by atomic mass is 35.5. The third-order valence-electron chi connectivity index (χ3n) is 4.48. The molecular weight excluding hydrogens is 416 g/mol. The zero-order chi connectivity index (χ0) is 22.4. The van der Waals surface area contributed by atoms with Crippen LogP contribution in [0.4, 0.5) is 5.69 Å². The number of hydrogen-bond acceptors (Lipinski definition) is 4. The van der Waals surface area contributed by atoms with Crippen molar-refractivity contribution in [1.82, 2.24) is 15.1 Å². The molecule has 1 heterocycles. The van der Waals surface area contributed by atoms with Gasteiger partial charge in [0.2, 0.25) is 0 Å². The summed E-state index contributed by atoms with van der Waals surface area (Å²) in [4.78, 5) is 25.3. The standard InChI is InChI=1S/C23H25ClN4O3/c1-15(2)12-25-23(30)21-20(13-26-28(21)3)27-22(29)17-6-4-5-16(11-17)14-31-19-9-7-18(24)8-10-19/h4-11,13,15H,12,14H2,1-3H3,(H,25,30)(H,27,29). The SMILES string of the molecule is CC(C)CNC(=O)c1c(NC(=O)c2cccc(COc3ccc(Cl)cc3)c2)cnn1C. The van der Waals surface area contributed by atoms with Crippen molar-refractivity contribution in [2.24, 2.45) is 13.0 Å². The van der Waals surface area contributed by atoms with Gasteiger partial charge in [0.15, 0.2) is 0 Å². The molecule has 3 rings (SSSR count). The number of hydrogen-bond donors (Lipinski definition) is 2. The summed E-state index contributed by atoms with van der Waals surface area (Å²) in [5.41, 5.74) is 1.95. The summed E-state index contributed by atoms with van der Waals surface area (Å²) in [6, 6.07) is 14.2. The quantitative estimate of drug-likeness (QED) is 0.547. The maximum atomic E-state index is 12.8. The van der Waals surface area contributed by atoms with E-state index in [9.17, 15) is 9.59 Å². The van der Waals surface area contributed by atoms with Crippen molar-refractivity contribution in [2.45, 2.75) is 20.5 Å². The van der Waals surface area contributed by atoms with Crippen LogP contribution in [0.25, 0.3) is 0 Å². The van der Waals surface area contributed by atoms with Gasteiger partial charge in [0, 0.05) is 24.2 Å². The molecule has 0 bridgehead atoms. The fourth-order valence-corrected chi connectivity index (χ4v) is 3.00. The van der Waals surface area contributed by atoms with E-state index in [-0.39, 0.29) is 11.8 Å². The molecule has 0 radical (unpaired) electrons. The fraction of sp³-hybridized carbons (Fsp3) is 0.261. The minimum absolute atomic E-state index is 0.283. The van der Waals surface area contributed by atoms with Gasteiger partial charge in [0.25, 0.3) is 11.8 Å². The third kappa shape index (κ3) is 6.08. The van der Waals surface area contributed by atoms with E-state index in [2.05, 4.69) is 15.7 Å². The van der Waals surface area contributed by atoms with Crippen LogP contribution in [-0.4, -0.2) is 28.1 Å². The minimum atomic E-state index is -0.334. The molecule has 31 heavy (non-hydrogen) atoms. The molecule has 3 aromatic rings. The number of aryl methyl sites for hydroxylation is 1. The van der Waals surface area contributed by atoms with Crippen molar-refractivity contribution < 1.29 is 14.3 Å². The number of nitrogens with zero attached hydrogens (tertiary/aromatic N) is 2. The molecule has 0 saturated heterocycles. The van der Waals surface area contributed by atoms with Crippen molar-refractivity contribution in [3.05, 3.63) is 76.6 Å². The number of amides is 2. The molecule has 0 fully saturated rings. The molecule has 1 aromatic heterocycles. The first kappa shape index (κ1) is 22.4. The number of benzene rings is 2. The number of halogens is 1. The Balaban J connectivity index is 1.68. The molecule has 0 aliphatic carbocycles. The van der Waals surface area contributed by atoms with Crippen LogP contribution in [0.1, 0.15) is 40.3 Å². The second-order valence-corrected chi connectivity index (χ2v) is 7.97. The molecule has 0 atom stereocenters. The van der Waals surface area contributed by atoms with Crippen LogP contribution in [0.15, 0.2) is 54.7 Å². The minimum Gasteiger partial charge on any atom is -0.489 e. The van der Waals surface area contributed by atoms with Gasteiger partial charge < -0.3 is 15.4 Å². The van der Waals surface area contributed by atoms with Crippen LogP contribution in [0.3, 0.4) is 0 Å². The van der Waals surface area contributed by atoms with Crippen molar-refractivity contribution in [3.8, 4) is 5.75 Å². The van der Waals surface area contributed by atoms with Gasteiger partial charge in [-0.05, 0) is 47.9 Å². The summed E-state index contributed by atoms with van der Waals surface area (Å²) in [5.74, 6) is 0.382. The van der Waals surface area contributed by atoms with E-state index in [0.29, 0.717) is 46.8 Å². The number of nitrogens with one attached hydrogen (secondary N) is 2. The van der Waals surface area contributed by atoms with Gasteiger partial charge in [-0.3, -0.25) is 14.3 Å². The smallest absolute Gasteiger partial charge is 0.271 e. The largest absolute Gasteiger partial charge is 0.489 e. The van der Waals surface area contributed by atoms with Crippen molar-refractivity contribution in [1.29, 1.82) is 0 Å². The first-order valence-electron chi connectivity index (χ1n) is 9.92. The van der Waals surface area contributed by atoms with Crippen LogP contribution in [0, 0.1) is 5.92 Å². The lowest BCUT2D eigenvalue weighted by molar-refractivity contribution is 0.0940. The Hall–Kier alpha value is -3.32. The van der Waals surface area contributed by atoms with E-state index >= 15 is 0 Å². The van der Waals surface area contributed by atoms with E-state index in [1.807, 2.05) is 19.9 Å². The number of anilines is 1. The highest BCUT2D eigenvalue weighted by Crippen LogP contribution is 2.19. The Morgan fingerprint density at radius 1 is 1.13 bits per heavy atom. The molecule has 8 heteroatoms. The van der Waals surface area contributed by atoms with Gasteiger partial charge in [-0.25, -0.2) is 0 Å². The maximum absolute atomic E-state index is 12.8. The van der Waals surface area contributed by atoms with Crippen LogP contribution in [0.2, 0.25) is 5.02 Å². The zero-order valence-corrected chi connectivity index (χ0v) is 18.4. The van der Waals surface area contributed by atoms with E-state index in [1.165, 1.54) is 10.9 Å². The van der Waals surface area contributed by atoms with E-state index < -0.39 is 0 Å². The lowest BCUT2D eigenvalue weighted by atomic mass is 10.1. The molecule has 2 N–H and O–H groups in total. The van der Waals surface area contributed by atoms with Gasteiger partial charge in [0.05, 0.1) is 11.9 Å². The predicted molar refractivity (Wildman–Crippen MR) is 121 cm³/mol. The number of aromatic nitrogens is 2. The lowest BCUT2D eigenvalue weighted by Crippen LogP contribution is -2.30. The second kappa shape index (κ2) is 10.1. The molecule has 0 spiro atoms. The van der Waals surface area contributed by atoms with Crippen LogP contribution in [-0.2, 0) is 13.7 Å². The zero-order valence-electron chi connectivity index (χ0n) is 17.7. The Morgan fingerprint density at radius 3 is 2.58 bits per heavy atom. The first-order chi connectivity index (χ1) is 14.8. The van der Waals surface area contributed by atoms with Gasteiger partial charge in [-0.1, -0.05) is 37.6 Å².